The molecule has 0 aromatic heterocycles. The van der Waals surface area contributed by atoms with Gasteiger partial charge < -0.3 is 10.1 Å². The molecule has 0 saturated heterocycles. The summed E-state index contributed by atoms with van der Waals surface area (Å²) < 4.78 is 32.8. The summed E-state index contributed by atoms with van der Waals surface area (Å²) in [6.45, 7) is 7.71. The van der Waals surface area contributed by atoms with Crippen LogP contribution >= 0.6 is 11.6 Å². The predicted molar refractivity (Wildman–Crippen MR) is 128 cm³/mol. The summed E-state index contributed by atoms with van der Waals surface area (Å²) in [6, 6.07) is 8.43. The van der Waals surface area contributed by atoms with Gasteiger partial charge in [0.2, 0.25) is 15.9 Å². The Labute approximate surface area is 198 Å². The van der Waals surface area contributed by atoms with E-state index in [0.717, 1.165) is 0 Å². The standard InChI is InChI=1S/C22H26ClN3O6S/c1-5-25(6-2)33(30,31)17-9-11-21(32-15(3)4)19(14-17)24-22(27)12-8-16-7-10-18(23)20(13-16)26(28)29/h7-15H,5-6H2,1-4H3,(H,24,27)/b12-8+. The maximum absolute atomic E-state index is 12.9. The van der Waals surface area contributed by atoms with Gasteiger partial charge in [0.25, 0.3) is 5.69 Å². The predicted octanol–water partition coefficient (Wildman–Crippen LogP) is 4.72. The summed E-state index contributed by atoms with van der Waals surface area (Å²) in [5, 5.41) is 13.7. The Morgan fingerprint density at radius 3 is 2.45 bits per heavy atom. The van der Waals surface area contributed by atoms with Gasteiger partial charge in [-0.3, -0.25) is 14.9 Å². The number of sulfonamides is 1. The summed E-state index contributed by atoms with van der Waals surface area (Å²) in [4.78, 5) is 23.0. The molecule has 1 N–H and O–H groups in total. The summed E-state index contributed by atoms with van der Waals surface area (Å²) in [5.41, 5.74) is 0.313. The Kier molecular flexibility index (Phi) is 8.98. The van der Waals surface area contributed by atoms with Crippen LogP contribution in [0.3, 0.4) is 0 Å². The molecule has 33 heavy (non-hydrogen) atoms. The number of anilines is 1. The number of halogens is 1. The maximum atomic E-state index is 12.9. The Balaban J connectivity index is 2.35. The molecule has 0 fully saturated rings. The van der Waals surface area contributed by atoms with Crippen molar-refractivity contribution in [1.82, 2.24) is 4.31 Å². The molecule has 0 unspecified atom stereocenters. The van der Waals surface area contributed by atoms with Crippen LogP contribution in [0.1, 0.15) is 33.3 Å². The van der Waals surface area contributed by atoms with Crippen molar-refractivity contribution in [3.8, 4) is 5.75 Å². The van der Waals surface area contributed by atoms with Gasteiger partial charge >= 0.3 is 0 Å². The lowest BCUT2D eigenvalue weighted by Gasteiger charge is -2.20. The molecular weight excluding hydrogens is 470 g/mol. The van der Waals surface area contributed by atoms with Gasteiger partial charge in [-0.2, -0.15) is 4.31 Å². The molecule has 0 aliphatic carbocycles. The van der Waals surface area contributed by atoms with Crippen molar-refractivity contribution < 1.29 is 22.9 Å². The fourth-order valence-corrected chi connectivity index (χ4v) is 4.63. The van der Waals surface area contributed by atoms with Crippen molar-refractivity contribution in [3.63, 3.8) is 0 Å². The molecule has 0 aliphatic rings. The molecule has 0 atom stereocenters. The molecule has 2 rings (SSSR count). The van der Waals surface area contributed by atoms with E-state index in [-0.39, 0.29) is 27.4 Å². The van der Waals surface area contributed by atoms with Crippen molar-refractivity contribution in [3.05, 3.63) is 63.2 Å². The van der Waals surface area contributed by atoms with E-state index in [1.54, 1.807) is 27.7 Å². The molecule has 178 valence electrons. The van der Waals surface area contributed by atoms with Crippen LogP contribution in [0.15, 0.2) is 47.4 Å². The Bertz CT molecular complexity index is 1160. The summed E-state index contributed by atoms with van der Waals surface area (Å²) in [5.74, 6) is -0.258. The summed E-state index contributed by atoms with van der Waals surface area (Å²) in [7, 11) is -3.74. The van der Waals surface area contributed by atoms with Gasteiger partial charge in [0, 0.05) is 25.2 Å². The zero-order valence-electron chi connectivity index (χ0n) is 18.7. The van der Waals surface area contributed by atoms with Crippen LogP contribution in [0.25, 0.3) is 6.08 Å². The van der Waals surface area contributed by atoms with Gasteiger partial charge in [0.05, 0.1) is 21.6 Å². The van der Waals surface area contributed by atoms with Gasteiger partial charge in [-0.15, -0.1) is 0 Å². The van der Waals surface area contributed by atoms with Crippen LogP contribution in [-0.2, 0) is 14.8 Å². The molecule has 0 heterocycles. The number of benzene rings is 2. The molecule has 1 amide bonds. The topological polar surface area (TPSA) is 119 Å². The molecule has 9 nitrogen and oxygen atoms in total. The number of ether oxygens (including phenoxy) is 1. The fourth-order valence-electron chi connectivity index (χ4n) is 2.96. The molecule has 11 heteroatoms. The summed E-state index contributed by atoms with van der Waals surface area (Å²) >= 11 is 5.80. The molecular formula is C22H26ClN3O6S. The molecule has 2 aromatic carbocycles. The number of amides is 1. The highest BCUT2D eigenvalue weighted by atomic mass is 35.5. The van der Waals surface area contributed by atoms with Crippen LogP contribution in [0, 0.1) is 10.1 Å². The third-order valence-corrected chi connectivity index (χ3v) is 6.87. The van der Waals surface area contributed by atoms with Gasteiger partial charge in [-0.25, -0.2) is 8.42 Å². The monoisotopic (exact) mass is 495 g/mol. The Hall–Kier alpha value is -2.95. The van der Waals surface area contributed by atoms with E-state index in [9.17, 15) is 23.3 Å². The first-order chi connectivity index (χ1) is 15.5. The van der Waals surface area contributed by atoms with E-state index >= 15 is 0 Å². The van der Waals surface area contributed by atoms with Crippen molar-refractivity contribution >= 4 is 45.0 Å². The second-order valence-electron chi connectivity index (χ2n) is 7.20. The second-order valence-corrected chi connectivity index (χ2v) is 9.55. The Morgan fingerprint density at radius 2 is 1.88 bits per heavy atom. The molecule has 0 radical (unpaired) electrons. The zero-order chi connectivity index (χ0) is 24.8. The van der Waals surface area contributed by atoms with Crippen LogP contribution in [0.4, 0.5) is 11.4 Å². The van der Waals surface area contributed by atoms with Gasteiger partial charge in [-0.1, -0.05) is 31.5 Å². The van der Waals surface area contributed by atoms with Crippen LogP contribution in [-0.4, -0.2) is 42.7 Å². The van der Waals surface area contributed by atoms with Crippen LogP contribution < -0.4 is 10.1 Å². The molecule has 0 saturated carbocycles. The first-order valence-corrected chi connectivity index (χ1v) is 12.0. The highest BCUT2D eigenvalue weighted by Crippen LogP contribution is 2.30. The second kappa shape index (κ2) is 11.3. The molecule has 0 spiro atoms. The average Bonchev–Trinajstić information content (AvgIpc) is 2.74. The molecule has 0 bridgehead atoms. The lowest BCUT2D eigenvalue weighted by Crippen LogP contribution is -2.30. The van der Waals surface area contributed by atoms with Gasteiger partial charge in [0.15, 0.2) is 0 Å². The SMILES string of the molecule is CCN(CC)S(=O)(=O)c1ccc(OC(C)C)c(NC(=O)/C=C/c2ccc(Cl)c([N+](=O)[O-])c2)c1. The average molecular weight is 496 g/mol. The minimum Gasteiger partial charge on any atom is -0.489 e. The van der Waals surface area contributed by atoms with Crippen molar-refractivity contribution in [2.45, 2.75) is 38.7 Å². The fraction of sp³-hybridized carbons (Fsp3) is 0.318. The van der Waals surface area contributed by atoms with Gasteiger partial charge in [-0.05, 0) is 49.8 Å². The maximum Gasteiger partial charge on any atom is 0.288 e. The normalized spacial score (nSPS) is 11.8. The number of nitrogens with one attached hydrogen (secondary N) is 1. The number of nitro benzene ring substituents is 1. The minimum atomic E-state index is -3.74. The largest absolute Gasteiger partial charge is 0.489 e. The third kappa shape index (κ3) is 6.77. The highest BCUT2D eigenvalue weighted by Gasteiger charge is 2.23. The number of carbonyl (C=O) groups is 1. The number of hydrogen-bond donors (Lipinski definition) is 1. The first kappa shape index (κ1) is 26.3. The number of nitrogens with zero attached hydrogens (tertiary/aromatic N) is 2. The number of carbonyl (C=O) groups excluding carboxylic acids is 1. The lowest BCUT2D eigenvalue weighted by molar-refractivity contribution is -0.384. The smallest absolute Gasteiger partial charge is 0.288 e. The minimum absolute atomic E-state index is 0.0108. The number of nitro groups is 1. The van der Waals surface area contributed by atoms with E-state index in [2.05, 4.69) is 5.32 Å². The first-order valence-electron chi connectivity index (χ1n) is 10.2. The number of rotatable bonds is 10. The molecule has 0 aliphatic heterocycles. The summed E-state index contributed by atoms with van der Waals surface area (Å²) in [6.07, 6.45) is 2.35. The highest BCUT2D eigenvalue weighted by molar-refractivity contribution is 7.89. The van der Waals surface area contributed by atoms with E-state index in [1.807, 2.05) is 0 Å². The third-order valence-electron chi connectivity index (χ3n) is 4.51. The van der Waals surface area contributed by atoms with E-state index in [4.69, 9.17) is 16.3 Å². The zero-order valence-corrected chi connectivity index (χ0v) is 20.3. The lowest BCUT2D eigenvalue weighted by atomic mass is 10.2. The van der Waals surface area contributed by atoms with E-state index < -0.39 is 20.9 Å². The van der Waals surface area contributed by atoms with Crippen LogP contribution in [0.2, 0.25) is 5.02 Å². The van der Waals surface area contributed by atoms with E-state index in [1.165, 1.54) is 52.9 Å². The van der Waals surface area contributed by atoms with Crippen LogP contribution in [0.5, 0.6) is 5.75 Å². The van der Waals surface area contributed by atoms with Crippen molar-refractivity contribution in [2.24, 2.45) is 0 Å². The number of hydrogen-bond acceptors (Lipinski definition) is 6. The quantitative estimate of drug-likeness (QED) is 0.289. The Morgan fingerprint density at radius 1 is 1.21 bits per heavy atom. The van der Waals surface area contributed by atoms with E-state index in [0.29, 0.717) is 24.4 Å². The van der Waals surface area contributed by atoms with Crippen molar-refractivity contribution in [2.75, 3.05) is 18.4 Å². The molecule has 2 aromatic rings. The van der Waals surface area contributed by atoms with Crippen molar-refractivity contribution in [1.29, 1.82) is 0 Å². The van der Waals surface area contributed by atoms with Gasteiger partial charge in [0.1, 0.15) is 10.8 Å².